The first-order valence-electron chi connectivity index (χ1n) is 5.73. The molecule has 0 amide bonds. The van der Waals surface area contributed by atoms with E-state index in [9.17, 15) is 9.18 Å². The Morgan fingerprint density at radius 2 is 2.00 bits per heavy atom. The number of rotatable bonds is 4. The zero-order chi connectivity index (χ0) is 13.0. The first kappa shape index (κ1) is 12.3. The van der Waals surface area contributed by atoms with Gasteiger partial charge in [0, 0.05) is 11.1 Å². The fourth-order valence-corrected chi connectivity index (χ4v) is 1.78. The van der Waals surface area contributed by atoms with Gasteiger partial charge in [-0.25, -0.2) is 4.39 Å². The van der Waals surface area contributed by atoms with Crippen LogP contribution in [0.15, 0.2) is 42.5 Å². The molecule has 0 aliphatic rings. The van der Waals surface area contributed by atoms with E-state index in [1.54, 1.807) is 49.4 Å². The lowest BCUT2D eigenvalue weighted by molar-refractivity contribution is 0.112. The van der Waals surface area contributed by atoms with Gasteiger partial charge in [0.15, 0.2) is 11.6 Å². The van der Waals surface area contributed by atoms with Gasteiger partial charge >= 0.3 is 0 Å². The summed E-state index contributed by atoms with van der Waals surface area (Å²) in [6, 6.07) is 11.8. The van der Waals surface area contributed by atoms with Crippen molar-refractivity contribution in [1.82, 2.24) is 0 Å². The topological polar surface area (TPSA) is 26.3 Å². The van der Waals surface area contributed by atoms with Gasteiger partial charge < -0.3 is 4.74 Å². The maximum absolute atomic E-state index is 14.2. The molecule has 0 unspecified atom stereocenters. The van der Waals surface area contributed by atoms with E-state index < -0.39 is 5.82 Å². The molecule has 92 valence electrons. The molecule has 2 nitrogen and oxygen atoms in total. The van der Waals surface area contributed by atoms with E-state index in [0.717, 1.165) is 6.29 Å². The summed E-state index contributed by atoms with van der Waals surface area (Å²) in [5.74, 6) is -0.172. The van der Waals surface area contributed by atoms with Crippen LogP contribution in [0, 0.1) is 5.82 Å². The Morgan fingerprint density at radius 3 is 2.72 bits per heavy atom. The van der Waals surface area contributed by atoms with Gasteiger partial charge in [0.2, 0.25) is 0 Å². The summed E-state index contributed by atoms with van der Waals surface area (Å²) in [5, 5.41) is 0. The van der Waals surface area contributed by atoms with E-state index in [0.29, 0.717) is 23.3 Å². The van der Waals surface area contributed by atoms with Crippen LogP contribution >= 0.6 is 0 Å². The van der Waals surface area contributed by atoms with E-state index >= 15 is 0 Å². The Bertz CT molecular complexity index is 564. The number of ether oxygens (including phenoxy) is 1. The molecule has 0 radical (unpaired) electrons. The summed E-state index contributed by atoms with van der Waals surface area (Å²) < 4.78 is 19.4. The van der Waals surface area contributed by atoms with E-state index in [-0.39, 0.29) is 5.75 Å². The Kier molecular flexibility index (Phi) is 3.72. The number of carbonyl (C=O) groups excluding carboxylic acids is 1. The quantitative estimate of drug-likeness (QED) is 0.766. The lowest BCUT2D eigenvalue weighted by Crippen LogP contribution is -1.96. The number of carbonyl (C=O) groups is 1. The van der Waals surface area contributed by atoms with Crippen molar-refractivity contribution in [1.29, 1.82) is 0 Å². The Labute approximate surface area is 105 Å². The van der Waals surface area contributed by atoms with Crippen LogP contribution in [-0.4, -0.2) is 12.9 Å². The van der Waals surface area contributed by atoms with E-state index in [1.807, 2.05) is 0 Å². The minimum atomic E-state index is -0.401. The molecule has 0 aliphatic heterocycles. The highest BCUT2D eigenvalue weighted by molar-refractivity contribution is 5.79. The fourth-order valence-electron chi connectivity index (χ4n) is 1.78. The van der Waals surface area contributed by atoms with E-state index in [1.165, 1.54) is 0 Å². The zero-order valence-corrected chi connectivity index (χ0v) is 10.0. The monoisotopic (exact) mass is 244 g/mol. The molecule has 2 aromatic rings. The maximum atomic E-state index is 14.2. The van der Waals surface area contributed by atoms with Gasteiger partial charge in [0.25, 0.3) is 0 Å². The van der Waals surface area contributed by atoms with Crippen molar-refractivity contribution >= 4 is 6.29 Å². The molecular weight excluding hydrogens is 231 g/mol. The maximum Gasteiger partial charge on any atom is 0.172 e. The average molecular weight is 244 g/mol. The molecule has 3 heteroatoms. The molecule has 0 bridgehead atoms. The molecule has 2 aromatic carbocycles. The third kappa shape index (κ3) is 2.40. The second kappa shape index (κ2) is 5.45. The van der Waals surface area contributed by atoms with Gasteiger partial charge in [0.1, 0.15) is 6.29 Å². The predicted octanol–water partition coefficient (Wildman–Crippen LogP) is 3.70. The van der Waals surface area contributed by atoms with Crippen molar-refractivity contribution in [3.8, 4) is 16.9 Å². The van der Waals surface area contributed by atoms with Crippen molar-refractivity contribution in [2.24, 2.45) is 0 Å². The average Bonchev–Trinajstić information content (AvgIpc) is 2.41. The summed E-state index contributed by atoms with van der Waals surface area (Å²) in [6.07, 6.45) is 0.744. The largest absolute Gasteiger partial charge is 0.491 e. The van der Waals surface area contributed by atoms with Crippen LogP contribution in [-0.2, 0) is 0 Å². The summed E-state index contributed by atoms with van der Waals surface area (Å²) in [6.45, 7) is 2.22. The van der Waals surface area contributed by atoms with Crippen molar-refractivity contribution in [2.75, 3.05) is 6.61 Å². The van der Waals surface area contributed by atoms with Crippen LogP contribution in [0.4, 0.5) is 4.39 Å². The number of halogens is 1. The summed E-state index contributed by atoms with van der Waals surface area (Å²) in [4.78, 5) is 10.7. The second-order valence-corrected chi connectivity index (χ2v) is 3.79. The molecule has 0 aliphatic carbocycles. The standard InChI is InChI=1S/C15H13FO2/c1-2-18-14-8-4-7-13(15(14)16)12-6-3-5-11(9-12)10-17/h3-10H,2H2,1H3. The SMILES string of the molecule is CCOc1cccc(-c2cccc(C=O)c2)c1F. The number of aldehydes is 1. The summed E-state index contributed by atoms with van der Waals surface area (Å²) in [5.41, 5.74) is 1.62. The van der Waals surface area contributed by atoms with Crippen molar-refractivity contribution < 1.29 is 13.9 Å². The first-order chi connectivity index (χ1) is 8.76. The smallest absolute Gasteiger partial charge is 0.172 e. The molecule has 0 atom stereocenters. The van der Waals surface area contributed by atoms with Crippen LogP contribution in [0.2, 0.25) is 0 Å². The van der Waals surface area contributed by atoms with Crippen molar-refractivity contribution in [3.63, 3.8) is 0 Å². The minimum Gasteiger partial charge on any atom is -0.491 e. The molecule has 0 aromatic heterocycles. The molecule has 0 N–H and O–H groups in total. The van der Waals surface area contributed by atoms with Crippen LogP contribution < -0.4 is 4.74 Å². The Hall–Kier alpha value is -2.16. The van der Waals surface area contributed by atoms with Gasteiger partial charge in [-0.05, 0) is 24.6 Å². The highest BCUT2D eigenvalue weighted by Crippen LogP contribution is 2.29. The normalized spacial score (nSPS) is 10.1. The minimum absolute atomic E-state index is 0.228. The first-order valence-corrected chi connectivity index (χ1v) is 5.73. The van der Waals surface area contributed by atoms with E-state index in [2.05, 4.69) is 0 Å². The lowest BCUT2D eigenvalue weighted by Gasteiger charge is -2.09. The Balaban J connectivity index is 2.49. The molecule has 18 heavy (non-hydrogen) atoms. The highest BCUT2D eigenvalue weighted by atomic mass is 19.1. The summed E-state index contributed by atoms with van der Waals surface area (Å²) >= 11 is 0. The predicted molar refractivity (Wildman–Crippen MR) is 68.4 cm³/mol. The molecule has 0 fully saturated rings. The molecule has 0 spiro atoms. The van der Waals surface area contributed by atoms with Crippen LogP contribution in [0.3, 0.4) is 0 Å². The van der Waals surface area contributed by atoms with Gasteiger partial charge in [-0.3, -0.25) is 4.79 Å². The second-order valence-electron chi connectivity index (χ2n) is 3.79. The van der Waals surface area contributed by atoms with Crippen LogP contribution in [0.5, 0.6) is 5.75 Å². The molecule has 0 saturated carbocycles. The Morgan fingerprint density at radius 1 is 1.22 bits per heavy atom. The van der Waals surface area contributed by atoms with Crippen LogP contribution in [0.1, 0.15) is 17.3 Å². The lowest BCUT2D eigenvalue weighted by atomic mass is 10.0. The van der Waals surface area contributed by atoms with E-state index in [4.69, 9.17) is 4.74 Å². The van der Waals surface area contributed by atoms with Gasteiger partial charge in [0.05, 0.1) is 6.61 Å². The zero-order valence-electron chi connectivity index (χ0n) is 10.0. The van der Waals surface area contributed by atoms with Crippen LogP contribution in [0.25, 0.3) is 11.1 Å². The van der Waals surface area contributed by atoms with Gasteiger partial charge in [-0.1, -0.05) is 30.3 Å². The summed E-state index contributed by atoms with van der Waals surface area (Å²) in [7, 11) is 0. The molecule has 0 saturated heterocycles. The third-order valence-corrected chi connectivity index (χ3v) is 2.60. The molecular formula is C15H13FO2. The van der Waals surface area contributed by atoms with Crippen molar-refractivity contribution in [3.05, 3.63) is 53.8 Å². The number of benzene rings is 2. The molecule has 0 heterocycles. The third-order valence-electron chi connectivity index (χ3n) is 2.60. The van der Waals surface area contributed by atoms with Gasteiger partial charge in [-0.15, -0.1) is 0 Å². The number of hydrogen-bond donors (Lipinski definition) is 0. The number of hydrogen-bond acceptors (Lipinski definition) is 2. The molecule has 2 rings (SSSR count). The van der Waals surface area contributed by atoms with Gasteiger partial charge in [-0.2, -0.15) is 0 Å². The van der Waals surface area contributed by atoms with Crippen molar-refractivity contribution in [2.45, 2.75) is 6.92 Å². The fraction of sp³-hybridized carbons (Fsp3) is 0.133. The highest BCUT2D eigenvalue weighted by Gasteiger charge is 2.10.